The minimum Gasteiger partial charge on any atom is -0.219 e. The molecule has 0 unspecified atom stereocenters. The van der Waals surface area contributed by atoms with E-state index in [0.717, 1.165) is 85.3 Å². The Kier molecular flexibility index (Phi) is 11.7. The number of fused-ring (bicyclic) bond motifs is 2. The zero-order valence-corrected chi connectivity index (χ0v) is 38.6. The summed E-state index contributed by atoms with van der Waals surface area (Å²) in [4.78, 5) is 1.07. The maximum absolute atomic E-state index is 14.0. The van der Waals surface area contributed by atoms with E-state index in [9.17, 15) is 25.3 Å². The summed E-state index contributed by atoms with van der Waals surface area (Å²) in [5.41, 5.74) is 7.66. The van der Waals surface area contributed by atoms with E-state index in [-0.39, 0.29) is 29.4 Å². The molecule has 0 amide bonds. The van der Waals surface area contributed by atoms with Crippen LogP contribution in [0.5, 0.6) is 0 Å². The molecule has 0 fully saturated rings. The van der Waals surface area contributed by atoms with Crippen molar-refractivity contribution in [3.8, 4) is 33.4 Å². The second kappa shape index (κ2) is 17.4. The summed E-state index contributed by atoms with van der Waals surface area (Å²) in [7, 11) is -11.5. The van der Waals surface area contributed by atoms with E-state index in [1.165, 1.54) is 0 Å². The SMILES string of the molecule is CCc1ccc(S(=O)(=O)c2ccc(-c3cc4cc5ccccc5cc4c(-c4ccc(S(=O)(=O)c5ccc(CC)cc5)cc4)c3-c3ccc(S(=O)(=O)c4ccc(CC)cc4)cc3)cc2)cc1. The smallest absolute Gasteiger partial charge is 0.206 e. The summed E-state index contributed by atoms with van der Waals surface area (Å²) in [5.74, 6) is 0. The van der Waals surface area contributed by atoms with E-state index in [4.69, 9.17) is 0 Å². The summed E-state index contributed by atoms with van der Waals surface area (Å²) in [6.07, 6.45) is 2.38. The molecule has 0 saturated heterocycles. The van der Waals surface area contributed by atoms with Crippen LogP contribution in [0.25, 0.3) is 54.9 Å². The normalized spacial score (nSPS) is 12.2. The number of benzene rings is 9. The molecular weight excluding hydrogens is 865 g/mol. The maximum Gasteiger partial charge on any atom is 0.206 e. The molecule has 324 valence electrons. The molecule has 0 N–H and O–H groups in total. The number of hydrogen-bond donors (Lipinski definition) is 0. The molecule has 65 heavy (non-hydrogen) atoms. The van der Waals surface area contributed by atoms with Gasteiger partial charge in [0.15, 0.2) is 0 Å². The van der Waals surface area contributed by atoms with Crippen LogP contribution in [0.3, 0.4) is 0 Å². The van der Waals surface area contributed by atoms with Crippen molar-refractivity contribution in [1.29, 1.82) is 0 Å². The molecule has 0 atom stereocenters. The van der Waals surface area contributed by atoms with Gasteiger partial charge in [0.25, 0.3) is 0 Å². The monoisotopic (exact) mass is 910 g/mol. The average Bonchev–Trinajstić information content (AvgIpc) is 3.35. The number of aryl methyl sites for hydroxylation is 3. The lowest BCUT2D eigenvalue weighted by molar-refractivity contribution is 0.594. The Balaban J connectivity index is 1.26. The van der Waals surface area contributed by atoms with Crippen LogP contribution in [-0.4, -0.2) is 25.3 Å². The van der Waals surface area contributed by atoms with Crippen LogP contribution in [0.4, 0.5) is 0 Å². The van der Waals surface area contributed by atoms with Gasteiger partial charge in [0.1, 0.15) is 0 Å². The van der Waals surface area contributed by atoms with Crippen molar-refractivity contribution in [1.82, 2.24) is 0 Å². The molecule has 0 radical (unpaired) electrons. The first-order valence-corrected chi connectivity index (χ1v) is 26.1. The molecule has 0 aliphatic rings. The van der Waals surface area contributed by atoms with Gasteiger partial charge >= 0.3 is 0 Å². The van der Waals surface area contributed by atoms with Crippen molar-refractivity contribution in [3.05, 3.63) is 205 Å². The molecule has 0 bridgehead atoms. The molecule has 0 spiro atoms. The molecule has 0 aromatic heterocycles. The highest BCUT2D eigenvalue weighted by Gasteiger charge is 2.24. The van der Waals surface area contributed by atoms with Crippen LogP contribution in [0.2, 0.25) is 0 Å². The quantitative estimate of drug-likeness (QED) is 0.113. The zero-order chi connectivity index (χ0) is 45.5. The third-order valence-corrected chi connectivity index (χ3v) is 17.7. The third kappa shape index (κ3) is 8.20. The van der Waals surface area contributed by atoms with Gasteiger partial charge in [-0.25, -0.2) is 25.3 Å². The Morgan fingerprint density at radius 1 is 0.308 bits per heavy atom. The van der Waals surface area contributed by atoms with E-state index < -0.39 is 29.5 Å². The Hall–Kier alpha value is -6.65. The summed E-state index contributed by atoms with van der Waals surface area (Å²) >= 11 is 0. The van der Waals surface area contributed by atoms with Crippen LogP contribution in [0.1, 0.15) is 37.5 Å². The van der Waals surface area contributed by atoms with Crippen molar-refractivity contribution < 1.29 is 25.3 Å². The predicted octanol–water partition coefficient (Wildman–Crippen LogP) is 13.2. The Morgan fingerprint density at radius 3 is 0.969 bits per heavy atom. The Bertz CT molecular complexity index is 3560. The van der Waals surface area contributed by atoms with Gasteiger partial charge in [-0.3, -0.25) is 0 Å². The highest BCUT2D eigenvalue weighted by atomic mass is 32.2. The van der Waals surface area contributed by atoms with E-state index >= 15 is 0 Å². The van der Waals surface area contributed by atoms with Crippen LogP contribution < -0.4 is 0 Å². The molecule has 9 aromatic rings. The van der Waals surface area contributed by atoms with Crippen LogP contribution >= 0.6 is 0 Å². The molecule has 0 aliphatic heterocycles. The fourth-order valence-corrected chi connectivity index (χ4v) is 12.2. The van der Waals surface area contributed by atoms with E-state index in [1.54, 1.807) is 97.1 Å². The molecule has 0 aliphatic carbocycles. The van der Waals surface area contributed by atoms with Gasteiger partial charge < -0.3 is 0 Å². The molecular formula is C56H46O6S3. The van der Waals surface area contributed by atoms with Gasteiger partial charge in [0, 0.05) is 0 Å². The van der Waals surface area contributed by atoms with Gasteiger partial charge in [-0.2, -0.15) is 0 Å². The second-order valence-corrected chi connectivity index (χ2v) is 22.0. The first kappa shape index (κ1) is 43.6. The van der Waals surface area contributed by atoms with Crippen LogP contribution in [0, 0.1) is 0 Å². The zero-order valence-electron chi connectivity index (χ0n) is 36.2. The topological polar surface area (TPSA) is 102 Å². The molecule has 9 aromatic carbocycles. The lowest BCUT2D eigenvalue weighted by atomic mass is 9.83. The van der Waals surface area contributed by atoms with Gasteiger partial charge in [-0.1, -0.05) is 118 Å². The molecule has 9 heteroatoms. The molecule has 9 rings (SSSR count). The number of hydrogen-bond acceptors (Lipinski definition) is 6. The summed E-state index contributed by atoms with van der Waals surface area (Å²) in [6, 6.07) is 55.9. The summed E-state index contributed by atoms with van der Waals surface area (Å²) in [6.45, 7) is 6.06. The van der Waals surface area contributed by atoms with Crippen molar-refractivity contribution in [2.24, 2.45) is 0 Å². The van der Waals surface area contributed by atoms with Gasteiger partial charge in [-0.05, 0) is 182 Å². The van der Waals surface area contributed by atoms with Crippen LogP contribution in [0.15, 0.2) is 217 Å². The standard InChI is InChI=1S/C56H46O6S3/c1-4-38-11-23-47(24-12-38)63(57,58)50-29-17-41(18-30-50)53-37-46-35-44-9-7-8-10-45(44)36-54(46)56(43-21-33-52(34-22-43)65(61,62)49-27-15-40(6-3)16-28-49)55(53)42-19-31-51(32-20-42)64(59,60)48-25-13-39(5-2)14-26-48/h7-37H,4-6H2,1-3H3. The van der Waals surface area contributed by atoms with Crippen molar-refractivity contribution in [2.45, 2.75) is 69.4 Å². The first-order valence-electron chi connectivity index (χ1n) is 21.6. The van der Waals surface area contributed by atoms with Gasteiger partial charge in [0.2, 0.25) is 29.5 Å². The minimum absolute atomic E-state index is 0.142. The first-order chi connectivity index (χ1) is 31.3. The fraction of sp³-hybridized carbons (Fsp3) is 0.107. The largest absolute Gasteiger partial charge is 0.219 e. The van der Waals surface area contributed by atoms with E-state index in [2.05, 4.69) is 24.3 Å². The fourth-order valence-electron chi connectivity index (χ4n) is 8.45. The van der Waals surface area contributed by atoms with Crippen molar-refractivity contribution >= 4 is 51.1 Å². The Morgan fingerprint density at radius 2 is 0.615 bits per heavy atom. The summed E-state index contributed by atoms with van der Waals surface area (Å²) in [5, 5.41) is 3.84. The number of sulfone groups is 3. The predicted molar refractivity (Wildman–Crippen MR) is 262 cm³/mol. The maximum atomic E-state index is 14.0. The van der Waals surface area contributed by atoms with Crippen molar-refractivity contribution in [2.75, 3.05) is 0 Å². The van der Waals surface area contributed by atoms with Crippen LogP contribution in [-0.2, 0) is 48.8 Å². The number of rotatable bonds is 12. The van der Waals surface area contributed by atoms with E-state index in [0.29, 0.717) is 5.56 Å². The highest BCUT2D eigenvalue weighted by Crippen LogP contribution is 2.46. The summed E-state index contributed by atoms with van der Waals surface area (Å²) < 4.78 is 83.6. The molecule has 0 saturated carbocycles. The third-order valence-electron chi connectivity index (χ3n) is 12.3. The highest BCUT2D eigenvalue weighted by molar-refractivity contribution is 7.92. The van der Waals surface area contributed by atoms with Crippen molar-refractivity contribution in [3.63, 3.8) is 0 Å². The molecule has 0 heterocycles. The molecule has 6 nitrogen and oxygen atoms in total. The lowest BCUT2D eigenvalue weighted by Crippen LogP contribution is -2.03. The average molecular weight is 911 g/mol. The van der Waals surface area contributed by atoms with Gasteiger partial charge in [-0.15, -0.1) is 0 Å². The van der Waals surface area contributed by atoms with Gasteiger partial charge in [0.05, 0.1) is 29.4 Å². The lowest BCUT2D eigenvalue weighted by Gasteiger charge is -2.21. The Labute approximate surface area is 381 Å². The van der Waals surface area contributed by atoms with E-state index in [1.807, 2.05) is 87.5 Å². The minimum atomic E-state index is -3.85. The second-order valence-electron chi connectivity index (χ2n) is 16.2.